The summed E-state index contributed by atoms with van der Waals surface area (Å²) in [6.45, 7) is 7.39. The molecule has 0 saturated carbocycles. The lowest BCUT2D eigenvalue weighted by atomic mass is 10.0. The Kier molecular flexibility index (Phi) is 3.01. The Morgan fingerprint density at radius 3 is 2.75 bits per heavy atom. The first-order valence-corrected chi connectivity index (χ1v) is 7.24. The van der Waals surface area contributed by atoms with Crippen LogP contribution >= 0.6 is 11.3 Å². The quantitative estimate of drug-likeness (QED) is 0.866. The van der Waals surface area contributed by atoms with Crippen LogP contribution in [0.5, 0.6) is 0 Å². The van der Waals surface area contributed by atoms with Crippen molar-refractivity contribution in [2.24, 2.45) is 11.8 Å². The van der Waals surface area contributed by atoms with Gasteiger partial charge in [-0.1, -0.05) is 13.0 Å². The topological polar surface area (TPSA) is 15.3 Å². The predicted octanol–water partition coefficient (Wildman–Crippen LogP) is 2.35. The van der Waals surface area contributed by atoms with Gasteiger partial charge in [0.05, 0.1) is 0 Å². The van der Waals surface area contributed by atoms with Crippen molar-refractivity contribution in [2.45, 2.75) is 19.4 Å². The van der Waals surface area contributed by atoms with Crippen LogP contribution in [-0.4, -0.2) is 31.1 Å². The van der Waals surface area contributed by atoms with E-state index in [0.717, 1.165) is 11.8 Å². The molecule has 3 heteroatoms. The van der Waals surface area contributed by atoms with E-state index in [2.05, 4.69) is 34.7 Å². The number of fused-ring (bicyclic) bond motifs is 1. The van der Waals surface area contributed by atoms with Crippen LogP contribution in [0, 0.1) is 11.8 Å². The van der Waals surface area contributed by atoms with E-state index in [9.17, 15) is 0 Å². The number of thiophene rings is 1. The molecule has 16 heavy (non-hydrogen) atoms. The third-order valence-corrected chi connectivity index (χ3v) is 5.09. The molecular weight excluding hydrogens is 216 g/mol. The van der Waals surface area contributed by atoms with Gasteiger partial charge in [-0.2, -0.15) is 0 Å². The maximum Gasteiger partial charge on any atom is 0.0439 e. The van der Waals surface area contributed by atoms with Crippen molar-refractivity contribution < 1.29 is 0 Å². The lowest BCUT2D eigenvalue weighted by Gasteiger charge is -2.26. The smallest absolute Gasteiger partial charge is 0.0439 e. The molecule has 2 fully saturated rings. The van der Waals surface area contributed by atoms with Gasteiger partial charge in [-0.3, -0.25) is 4.90 Å². The lowest BCUT2D eigenvalue weighted by Crippen LogP contribution is -2.29. The maximum absolute atomic E-state index is 3.51. The first kappa shape index (κ1) is 10.8. The molecule has 1 N–H and O–H groups in total. The molecule has 1 aromatic heterocycles. The third kappa shape index (κ3) is 1.81. The second-order valence-corrected chi connectivity index (χ2v) is 6.05. The Hall–Kier alpha value is -0.380. The van der Waals surface area contributed by atoms with E-state index in [-0.39, 0.29) is 0 Å². The summed E-state index contributed by atoms with van der Waals surface area (Å²) in [5.74, 6) is 1.82. The van der Waals surface area contributed by atoms with Crippen LogP contribution in [0.3, 0.4) is 0 Å². The predicted molar refractivity (Wildman–Crippen MR) is 68.8 cm³/mol. The highest BCUT2D eigenvalue weighted by molar-refractivity contribution is 7.10. The molecule has 2 nitrogen and oxygen atoms in total. The van der Waals surface area contributed by atoms with Crippen molar-refractivity contribution in [3.63, 3.8) is 0 Å². The van der Waals surface area contributed by atoms with Crippen LogP contribution in [0.15, 0.2) is 17.5 Å². The highest BCUT2D eigenvalue weighted by atomic mass is 32.1. The molecule has 2 aliphatic heterocycles. The molecule has 3 atom stereocenters. The molecule has 0 bridgehead atoms. The minimum Gasteiger partial charge on any atom is -0.316 e. The molecule has 0 amide bonds. The van der Waals surface area contributed by atoms with Crippen LogP contribution in [0.1, 0.15) is 24.3 Å². The average Bonchev–Trinajstić information content (AvgIpc) is 2.91. The van der Waals surface area contributed by atoms with Gasteiger partial charge in [-0.05, 0) is 42.8 Å². The van der Waals surface area contributed by atoms with E-state index < -0.39 is 0 Å². The van der Waals surface area contributed by atoms with Crippen LogP contribution in [0.2, 0.25) is 0 Å². The minimum absolute atomic E-state index is 0.672. The largest absolute Gasteiger partial charge is 0.316 e. The van der Waals surface area contributed by atoms with Crippen LogP contribution in [-0.2, 0) is 0 Å². The zero-order chi connectivity index (χ0) is 11.0. The van der Waals surface area contributed by atoms with Gasteiger partial charge in [0, 0.05) is 24.0 Å². The van der Waals surface area contributed by atoms with Gasteiger partial charge >= 0.3 is 0 Å². The Balaban J connectivity index is 1.72. The molecular formula is C13H20N2S. The number of nitrogens with one attached hydrogen (secondary N) is 1. The van der Waals surface area contributed by atoms with Gasteiger partial charge in [0.1, 0.15) is 0 Å². The summed E-state index contributed by atoms with van der Waals surface area (Å²) in [5, 5.41) is 5.72. The number of rotatable bonds is 3. The van der Waals surface area contributed by atoms with Gasteiger partial charge in [0.2, 0.25) is 0 Å². The first-order chi connectivity index (χ1) is 7.88. The van der Waals surface area contributed by atoms with Crippen molar-refractivity contribution in [3.05, 3.63) is 22.4 Å². The van der Waals surface area contributed by atoms with Crippen molar-refractivity contribution >= 4 is 11.3 Å². The summed E-state index contributed by atoms with van der Waals surface area (Å²) in [4.78, 5) is 4.26. The van der Waals surface area contributed by atoms with Gasteiger partial charge in [-0.25, -0.2) is 0 Å². The lowest BCUT2D eigenvalue weighted by molar-refractivity contribution is 0.226. The van der Waals surface area contributed by atoms with Crippen molar-refractivity contribution in [1.29, 1.82) is 0 Å². The number of likely N-dealkylation sites (tertiary alicyclic amines) is 1. The maximum atomic E-state index is 3.51. The third-order valence-electron chi connectivity index (χ3n) is 4.12. The fourth-order valence-electron chi connectivity index (χ4n) is 3.27. The summed E-state index contributed by atoms with van der Waals surface area (Å²) in [5.41, 5.74) is 0. The summed E-state index contributed by atoms with van der Waals surface area (Å²) in [7, 11) is 0. The van der Waals surface area contributed by atoms with Gasteiger partial charge in [-0.15, -0.1) is 11.3 Å². The number of hydrogen-bond acceptors (Lipinski definition) is 3. The summed E-state index contributed by atoms with van der Waals surface area (Å²) >= 11 is 1.91. The molecule has 2 aliphatic rings. The molecule has 2 saturated heterocycles. The Bertz CT molecular complexity index is 324. The van der Waals surface area contributed by atoms with E-state index in [1.165, 1.54) is 32.6 Å². The standard InChI is InChI=1S/C13H20N2S/c1-2-12(13-4-3-5-16-13)15-8-10-6-14-7-11(10)9-15/h3-5,10-12,14H,2,6-9H2,1H3. The molecule has 88 valence electrons. The molecule has 3 rings (SSSR count). The van der Waals surface area contributed by atoms with E-state index in [0.29, 0.717) is 6.04 Å². The zero-order valence-electron chi connectivity index (χ0n) is 9.86. The van der Waals surface area contributed by atoms with Crippen LogP contribution in [0.25, 0.3) is 0 Å². The first-order valence-electron chi connectivity index (χ1n) is 6.36. The minimum atomic E-state index is 0.672. The van der Waals surface area contributed by atoms with Gasteiger partial charge < -0.3 is 5.32 Å². The molecule has 0 aromatic carbocycles. The molecule has 1 aromatic rings. The monoisotopic (exact) mass is 236 g/mol. The summed E-state index contributed by atoms with van der Waals surface area (Å²) < 4.78 is 0. The Morgan fingerprint density at radius 1 is 1.44 bits per heavy atom. The second kappa shape index (κ2) is 4.47. The number of hydrogen-bond donors (Lipinski definition) is 1. The summed E-state index contributed by atoms with van der Waals surface area (Å²) in [6, 6.07) is 5.15. The van der Waals surface area contributed by atoms with E-state index in [1.54, 1.807) is 4.88 Å². The Labute approximate surface area is 102 Å². The highest BCUT2D eigenvalue weighted by Gasteiger charge is 2.38. The summed E-state index contributed by atoms with van der Waals surface area (Å²) in [6.07, 6.45) is 1.24. The van der Waals surface area contributed by atoms with E-state index in [1.807, 2.05) is 11.3 Å². The fourth-order valence-corrected chi connectivity index (χ4v) is 4.21. The van der Waals surface area contributed by atoms with Crippen molar-refractivity contribution in [1.82, 2.24) is 10.2 Å². The average molecular weight is 236 g/mol. The molecule has 0 spiro atoms. The van der Waals surface area contributed by atoms with Crippen LogP contribution < -0.4 is 5.32 Å². The zero-order valence-corrected chi connectivity index (χ0v) is 10.7. The van der Waals surface area contributed by atoms with Gasteiger partial charge in [0.15, 0.2) is 0 Å². The van der Waals surface area contributed by atoms with E-state index >= 15 is 0 Å². The van der Waals surface area contributed by atoms with E-state index in [4.69, 9.17) is 0 Å². The van der Waals surface area contributed by atoms with Crippen molar-refractivity contribution in [3.8, 4) is 0 Å². The molecule has 3 unspecified atom stereocenters. The molecule has 0 aliphatic carbocycles. The fraction of sp³-hybridized carbons (Fsp3) is 0.692. The highest BCUT2D eigenvalue weighted by Crippen LogP contribution is 2.35. The van der Waals surface area contributed by atoms with Crippen LogP contribution in [0.4, 0.5) is 0 Å². The number of nitrogens with zero attached hydrogens (tertiary/aromatic N) is 1. The Morgan fingerprint density at radius 2 is 2.19 bits per heavy atom. The molecule has 3 heterocycles. The normalized spacial score (nSPS) is 31.8. The van der Waals surface area contributed by atoms with Gasteiger partial charge in [0.25, 0.3) is 0 Å². The molecule has 0 radical (unpaired) electrons. The SMILES string of the molecule is CCC(c1cccs1)N1CC2CNCC2C1. The second-order valence-electron chi connectivity index (χ2n) is 5.07. The van der Waals surface area contributed by atoms with Crippen molar-refractivity contribution in [2.75, 3.05) is 26.2 Å².